The monoisotopic (exact) mass is 237 g/mol. The Hall–Kier alpha value is -1.43. The second kappa shape index (κ2) is 3.80. The topological polar surface area (TPSA) is 88.2 Å². The van der Waals surface area contributed by atoms with Crippen LogP contribution in [0, 0.1) is 0 Å². The third-order valence-corrected chi connectivity index (χ3v) is 3.66. The maximum absolute atomic E-state index is 11.1. The molecule has 0 spiro atoms. The first-order valence-electron chi connectivity index (χ1n) is 6.05. The van der Waals surface area contributed by atoms with Gasteiger partial charge in [0, 0.05) is 5.92 Å². The number of aliphatic hydroxyl groups excluding tert-OH is 1. The smallest absolute Gasteiger partial charge is 0.358 e. The highest BCUT2D eigenvalue weighted by Gasteiger charge is 2.38. The van der Waals surface area contributed by atoms with Gasteiger partial charge in [-0.15, -0.1) is 5.10 Å². The fourth-order valence-electron chi connectivity index (χ4n) is 2.64. The van der Waals surface area contributed by atoms with Gasteiger partial charge in [0.05, 0.1) is 17.8 Å². The van der Waals surface area contributed by atoms with Crippen molar-refractivity contribution >= 4 is 5.97 Å². The van der Waals surface area contributed by atoms with E-state index in [1.807, 2.05) is 0 Å². The van der Waals surface area contributed by atoms with E-state index in [2.05, 4.69) is 10.3 Å². The number of hydrogen-bond acceptors (Lipinski definition) is 4. The van der Waals surface area contributed by atoms with E-state index in [1.54, 1.807) is 4.68 Å². The summed E-state index contributed by atoms with van der Waals surface area (Å²) in [5, 5.41) is 26.7. The Morgan fingerprint density at radius 2 is 2.06 bits per heavy atom. The Balaban J connectivity index is 2.01. The van der Waals surface area contributed by atoms with Gasteiger partial charge in [0.25, 0.3) is 0 Å². The van der Waals surface area contributed by atoms with Crippen molar-refractivity contribution in [1.82, 2.24) is 15.0 Å². The molecule has 0 aromatic carbocycles. The number of hydrogen-bond donors (Lipinski definition) is 2. The predicted octanol–water partition coefficient (Wildman–Crippen LogP) is 0.940. The fourth-order valence-corrected chi connectivity index (χ4v) is 2.64. The minimum Gasteiger partial charge on any atom is -0.476 e. The van der Waals surface area contributed by atoms with Crippen LogP contribution in [0.25, 0.3) is 0 Å². The van der Waals surface area contributed by atoms with Gasteiger partial charge in [-0.1, -0.05) is 5.21 Å². The van der Waals surface area contributed by atoms with Crippen molar-refractivity contribution in [2.24, 2.45) is 0 Å². The van der Waals surface area contributed by atoms with Gasteiger partial charge in [-0.3, -0.25) is 0 Å². The Morgan fingerprint density at radius 3 is 2.59 bits per heavy atom. The van der Waals surface area contributed by atoms with E-state index in [-0.39, 0.29) is 17.7 Å². The summed E-state index contributed by atoms with van der Waals surface area (Å²) in [6.45, 7) is 0. The van der Waals surface area contributed by atoms with Crippen LogP contribution in [0.2, 0.25) is 0 Å². The molecule has 2 fully saturated rings. The summed E-state index contributed by atoms with van der Waals surface area (Å²) in [6.07, 6.45) is 4.14. The second-order valence-electron chi connectivity index (χ2n) is 4.91. The fraction of sp³-hybridized carbons (Fsp3) is 0.727. The molecule has 17 heavy (non-hydrogen) atoms. The molecule has 3 rings (SSSR count). The van der Waals surface area contributed by atoms with Crippen molar-refractivity contribution in [3.8, 4) is 0 Å². The molecule has 0 saturated heterocycles. The van der Waals surface area contributed by atoms with Gasteiger partial charge in [-0.2, -0.15) is 0 Å². The Bertz CT molecular complexity index is 453. The van der Waals surface area contributed by atoms with E-state index < -0.39 is 12.1 Å². The van der Waals surface area contributed by atoms with Crippen LogP contribution in [-0.4, -0.2) is 37.3 Å². The Kier molecular flexibility index (Phi) is 2.39. The highest BCUT2D eigenvalue weighted by Crippen LogP contribution is 2.43. The van der Waals surface area contributed by atoms with Crippen LogP contribution in [0.5, 0.6) is 0 Å². The number of carboxylic acids is 1. The Morgan fingerprint density at radius 1 is 1.29 bits per heavy atom. The first-order chi connectivity index (χ1) is 8.18. The van der Waals surface area contributed by atoms with Gasteiger partial charge >= 0.3 is 5.97 Å². The van der Waals surface area contributed by atoms with Crippen molar-refractivity contribution in [2.45, 2.75) is 50.2 Å². The first-order valence-corrected chi connectivity index (χ1v) is 6.05. The summed E-state index contributed by atoms with van der Waals surface area (Å²) >= 11 is 0. The zero-order valence-corrected chi connectivity index (χ0v) is 9.41. The molecule has 2 saturated carbocycles. The summed E-state index contributed by atoms with van der Waals surface area (Å²) in [5.41, 5.74) is 0.773. The van der Waals surface area contributed by atoms with Gasteiger partial charge < -0.3 is 10.2 Å². The zero-order chi connectivity index (χ0) is 12.0. The number of aliphatic hydroxyl groups is 1. The van der Waals surface area contributed by atoms with Crippen molar-refractivity contribution in [3.63, 3.8) is 0 Å². The molecule has 1 heterocycles. The number of carbonyl (C=O) groups is 1. The summed E-state index contributed by atoms with van der Waals surface area (Å²) in [6, 6.07) is -0.0915. The van der Waals surface area contributed by atoms with Crippen LogP contribution >= 0.6 is 0 Å². The first kappa shape index (κ1) is 10.7. The van der Waals surface area contributed by atoms with E-state index in [0.29, 0.717) is 5.69 Å². The van der Waals surface area contributed by atoms with Crippen molar-refractivity contribution in [1.29, 1.82) is 0 Å². The molecule has 0 aliphatic heterocycles. The number of nitrogens with zero attached hydrogens (tertiary/aromatic N) is 3. The normalized spacial score (nSPS) is 28.5. The lowest BCUT2D eigenvalue weighted by Crippen LogP contribution is -2.21. The van der Waals surface area contributed by atoms with Crippen LogP contribution in [0.4, 0.5) is 0 Å². The summed E-state index contributed by atoms with van der Waals surface area (Å²) in [4.78, 5) is 11.1. The number of carboxylic acid groups (broad SMARTS) is 1. The molecular formula is C11H15N3O3. The predicted molar refractivity (Wildman–Crippen MR) is 57.9 cm³/mol. The third-order valence-electron chi connectivity index (χ3n) is 3.66. The molecule has 2 N–H and O–H groups in total. The van der Waals surface area contributed by atoms with Crippen molar-refractivity contribution < 1.29 is 15.0 Å². The maximum Gasteiger partial charge on any atom is 0.358 e. The highest BCUT2D eigenvalue weighted by molar-refractivity contribution is 5.86. The number of rotatable bonds is 3. The molecule has 6 heteroatoms. The lowest BCUT2D eigenvalue weighted by atomic mass is 10.1. The molecule has 2 atom stereocenters. The lowest BCUT2D eigenvalue weighted by molar-refractivity contribution is 0.0688. The molecule has 92 valence electrons. The van der Waals surface area contributed by atoms with Crippen LogP contribution < -0.4 is 0 Å². The standard InChI is InChI=1S/C11H15N3O3/c15-8-3-1-2-7(8)14-10(6-4-5-6)9(11(16)17)12-13-14/h6-8,15H,1-5H2,(H,16,17). The third kappa shape index (κ3) is 1.72. The average Bonchev–Trinajstić information content (AvgIpc) is 2.88. The average molecular weight is 237 g/mol. The van der Waals surface area contributed by atoms with E-state index in [9.17, 15) is 9.90 Å². The van der Waals surface area contributed by atoms with E-state index in [1.165, 1.54) is 0 Å². The quantitative estimate of drug-likeness (QED) is 0.816. The molecule has 1 aromatic rings. The van der Waals surface area contributed by atoms with Gasteiger partial charge in [-0.05, 0) is 32.1 Å². The van der Waals surface area contributed by atoms with Gasteiger partial charge in [0.2, 0.25) is 0 Å². The van der Waals surface area contributed by atoms with Gasteiger partial charge in [0.15, 0.2) is 5.69 Å². The molecule has 2 aliphatic rings. The van der Waals surface area contributed by atoms with E-state index in [4.69, 9.17) is 5.11 Å². The largest absolute Gasteiger partial charge is 0.476 e. The molecule has 0 bridgehead atoms. The molecule has 1 aromatic heterocycles. The van der Waals surface area contributed by atoms with Crippen LogP contribution in [0.3, 0.4) is 0 Å². The van der Waals surface area contributed by atoms with Crippen molar-refractivity contribution in [3.05, 3.63) is 11.4 Å². The van der Waals surface area contributed by atoms with E-state index >= 15 is 0 Å². The second-order valence-corrected chi connectivity index (χ2v) is 4.91. The minimum absolute atomic E-state index is 0.0617. The number of aromatic carboxylic acids is 1. The van der Waals surface area contributed by atoms with E-state index in [0.717, 1.165) is 32.1 Å². The van der Waals surface area contributed by atoms with Gasteiger partial charge in [-0.25, -0.2) is 9.48 Å². The minimum atomic E-state index is -1.02. The molecular weight excluding hydrogens is 222 g/mol. The van der Waals surface area contributed by atoms with Crippen LogP contribution in [-0.2, 0) is 0 Å². The number of aromatic nitrogens is 3. The SMILES string of the molecule is O=C(O)c1nnn(C2CCCC2O)c1C1CC1. The molecule has 2 unspecified atom stereocenters. The maximum atomic E-state index is 11.1. The van der Waals surface area contributed by atoms with Gasteiger partial charge in [0.1, 0.15) is 0 Å². The van der Waals surface area contributed by atoms with Crippen LogP contribution in [0.15, 0.2) is 0 Å². The summed E-state index contributed by atoms with van der Waals surface area (Å²) in [5.74, 6) is -0.755. The van der Waals surface area contributed by atoms with Crippen molar-refractivity contribution in [2.75, 3.05) is 0 Å². The Labute approximate surface area is 98.2 Å². The highest BCUT2D eigenvalue weighted by atomic mass is 16.4. The zero-order valence-electron chi connectivity index (χ0n) is 9.41. The van der Waals surface area contributed by atoms with Crippen LogP contribution in [0.1, 0.15) is 60.2 Å². The summed E-state index contributed by atoms with van der Waals surface area (Å²) < 4.78 is 1.67. The lowest BCUT2D eigenvalue weighted by Gasteiger charge is -2.17. The molecule has 6 nitrogen and oxygen atoms in total. The summed E-state index contributed by atoms with van der Waals surface area (Å²) in [7, 11) is 0. The molecule has 0 amide bonds. The molecule has 0 radical (unpaired) electrons. The molecule has 2 aliphatic carbocycles.